The van der Waals surface area contributed by atoms with E-state index < -0.39 is 16.1 Å². The van der Waals surface area contributed by atoms with E-state index in [1.54, 1.807) is 24.0 Å². The summed E-state index contributed by atoms with van der Waals surface area (Å²) in [5.41, 5.74) is 0.502. The lowest BCUT2D eigenvalue weighted by Crippen LogP contribution is -2.50. The van der Waals surface area contributed by atoms with Crippen molar-refractivity contribution in [3.8, 4) is 5.75 Å². The Morgan fingerprint density at radius 1 is 1.19 bits per heavy atom. The number of fused-ring (bicyclic) bond motifs is 1. The molecule has 0 aromatic heterocycles. The summed E-state index contributed by atoms with van der Waals surface area (Å²) in [6.07, 6.45) is 2.35. The molecule has 1 amide bonds. The minimum atomic E-state index is -3.89. The topological polar surface area (TPSA) is 99.2 Å². The highest BCUT2D eigenvalue weighted by molar-refractivity contribution is 7.92. The lowest BCUT2D eigenvalue weighted by atomic mass is 9.99. The van der Waals surface area contributed by atoms with E-state index in [0.29, 0.717) is 23.9 Å². The molecule has 1 saturated carbocycles. The maximum absolute atomic E-state index is 13.6. The van der Waals surface area contributed by atoms with Crippen LogP contribution in [0.2, 0.25) is 5.02 Å². The summed E-state index contributed by atoms with van der Waals surface area (Å²) in [5.74, 6) is 0.868. The molecule has 0 saturated heterocycles. The standard InChI is InChI=1S/C26H34ClN3O5S/c1-17-13-30(18(2)16-31)26(32)23-12-21(28-36(33,34)22-9-6-20(27)7-10-22)8-11-24(23)35-25(17)15-29(3)14-19-4-5-19/h6-12,17-19,25,28,31H,4-5,13-16H2,1-3H3/t17-,18-,25+/m1/s1. The van der Waals surface area contributed by atoms with E-state index in [1.807, 2.05) is 0 Å². The van der Waals surface area contributed by atoms with Crippen molar-refractivity contribution < 1.29 is 23.1 Å². The molecule has 2 aromatic carbocycles. The van der Waals surface area contributed by atoms with Crippen molar-refractivity contribution in [2.24, 2.45) is 11.8 Å². The third kappa shape index (κ3) is 6.32. The molecule has 36 heavy (non-hydrogen) atoms. The Morgan fingerprint density at radius 3 is 2.53 bits per heavy atom. The minimum absolute atomic E-state index is 0.0286. The third-order valence-corrected chi connectivity index (χ3v) is 8.45. The van der Waals surface area contributed by atoms with Crippen molar-refractivity contribution in [3.05, 3.63) is 53.1 Å². The molecule has 1 aliphatic carbocycles. The van der Waals surface area contributed by atoms with Gasteiger partial charge in [0, 0.05) is 36.3 Å². The summed E-state index contributed by atoms with van der Waals surface area (Å²) < 4.78 is 34.7. The Labute approximate surface area is 218 Å². The Balaban J connectivity index is 1.64. The quantitative estimate of drug-likeness (QED) is 0.508. The van der Waals surface area contributed by atoms with Gasteiger partial charge in [0.15, 0.2) is 0 Å². The number of sulfonamides is 1. The molecule has 10 heteroatoms. The highest BCUT2D eigenvalue weighted by Gasteiger charge is 2.34. The molecule has 1 aliphatic heterocycles. The molecule has 1 fully saturated rings. The number of nitrogens with one attached hydrogen (secondary N) is 1. The molecule has 0 unspecified atom stereocenters. The van der Waals surface area contributed by atoms with Gasteiger partial charge in [-0.3, -0.25) is 9.52 Å². The number of hydrogen-bond donors (Lipinski definition) is 2. The zero-order chi connectivity index (χ0) is 26.0. The predicted molar refractivity (Wildman–Crippen MR) is 140 cm³/mol. The van der Waals surface area contributed by atoms with E-state index in [-0.39, 0.29) is 40.7 Å². The summed E-state index contributed by atoms with van der Waals surface area (Å²) in [4.78, 5) is 17.6. The average Bonchev–Trinajstić information content (AvgIpc) is 3.65. The summed E-state index contributed by atoms with van der Waals surface area (Å²) in [6.45, 7) is 5.82. The Bertz CT molecular complexity index is 1190. The van der Waals surface area contributed by atoms with Gasteiger partial charge in [0.05, 0.1) is 23.1 Å². The van der Waals surface area contributed by atoms with Gasteiger partial charge in [-0.05, 0) is 75.2 Å². The van der Waals surface area contributed by atoms with Crippen LogP contribution in [0.4, 0.5) is 5.69 Å². The molecular formula is C26H34ClN3O5S. The van der Waals surface area contributed by atoms with Crippen LogP contribution in [0.3, 0.4) is 0 Å². The van der Waals surface area contributed by atoms with Gasteiger partial charge in [-0.1, -0.05) is 18.5 Å². The van der Waals surface area contributed by atoms with Crippen molar-refractivity contribution in [2.75, 3.05) is 38.0 Å². The van der Waals surface area contributed by atoms with Gasteiger partial charge in [0.2, 0.25) is 0 Å². The molecule has 2 N–H and O–H groups in total. The van der Waals surface area contributed by atoms with Gasteiger partial charge in [-0.25, -0.2) is 8.42 Å². The fraction of sp³-hybridized carbons (Fsp3) is 0.500. The van der Waals surface area contributed by atoms with Gasteiger partial charge >= 0.3 is 0 Å². The molecule has 8 nitrogen and oxygen atoms in total. The number of nitrogens with zero attached hydrogens (tertiary/aromatic N) is 2. The number of benzene rings is 2. The Morgan fingerprint density at radius 2 is 1.89 bits per heavy atom. The second-order valence-electron chi connectivity index (χ2n) is 10.1. The van der Waals surface area contributed by atoms with Gasteiger partial charge in [0.25, 0.3) is 15.9 Å². The van der Waals surface area contributed by atoms with E-state index in [0.717, 1.165) is 12.5 Å². The minimum Gasteiger partial charge on any atom is -0.488 e. The van der Waals surface area contributed by atoms with Crippen molar-refractivity contribution in [3.63, 3.8) is 0 Å². The molecule has 0 spiro atoms. The van der Waals surface area contributed by atoms with Crippen molar-refractivity contribution >= 4 is 33.2 Å². The zero-order valence-electron chi connectivity index (χ0n) is 20.9. The maximum Gasteiger partial charge on any atom is 0.261 e. The van der Waals surface area contributed by atoms with E-state index in [2.05, 4.69) is 23.6 Å². The summed E-state index contributed by atoms with van der Waals surface area (Å²) in [6, 6.07) is 10.2. The first-order valence-corrected chi connectivity index (χ1v) is 14.1. The van der Waals surface area contributed by atoms with Crippen molar-refractivity contribution in [2.45, 2.75) is 43.7 Å². The van der Waals surface area contributed by atoms with Crippen LogP contribution in [0.25, 0.3) is 0 Å². The molecule has 4 rings (SSSR count). The maximum atomic E-state index is 13.6. The molecule has 0 radical (unpaired) electrons. The van der Waals surface area contributed by atoms with E-state index in [1.165, 1.54) is 43.2 Å². The largest absolute Gasteiger partial charge is 0.488 e. The predicted octanol–water partition coefficient (Wildman–Crippen LogP) is 3.70. The van der Waals surface area contributed by atoms with Crippen LogP contribution >= 0.6 is 11.6 Å². The second kappa shape index (κ2) is 11.0. The SMILES string of the molecule is C[C@@H]1CN([C@H](C)CO)C(=O)c2cc(NS(=O)(=O)c3ccc(Cl)cc3)ccc2O[C@H]1CN(C)CC1CC1. The van der Waals surface area contributed by atoms with E-state index in [4.69, 9.17) is 16.3 Å². The van der Waals surface area contributed by atoms with Crippen LogP contribution in [-0.4, -0.2) is 74.7 Å². The number of ether oxygens (including phenoxy) is 1. The molecule has 3 atom stereocenters. The molecular weight excluding hydrogens is 502 g/mol. The summed E-state index contributed by atoms with van der Waals surface area (Å²) >= 11 is 5.89. The summed E-state index contributed by atoms with van der Waals surface area (Å²) in [5, 5.41) is 10.3. The van der Waals surface area contributed by atoms with Crippen molar-refractivity contribution in [1.82, 2.24) is 9.80 Å². The van der Waals surface area contributed by atoms with Crippen LogP contribution in [-0.2, 0) is 10.0 Å². The second-order valence-corrected chi connectivity index (χ2v) is 12.2. The number of amides is 1. The number of aliphatic hydroxyl groups is 1. The highest BCUT2D eigenvalue weighted by Crippen LogP contribution is 2.33. The lowest BCUT2D eigenvalue weighted by molar-refractivity contribution is 0.0344. The average molecular weight is 536 g/mol. The molecule has 1 heterocycles. The molecule has 196 valence electrons. The number of anilines is 1. The number of aliphatic hydroxyl groups excluding tert-OH is 1. The fourth-order valence-corrected chi connectivity index (χ4v) is 5.63. The van der Waals surface area contributed by atoms with Crippen LogP contribution in [0.15, 0.2) is 47.4 Å². The zero-order valence-corrected chi connectivity index (χ0v) is 22.4. The summed E-state index contributed by atoms with van der Waals surface area (Å²) in [7, 11) is -1.80. The number of halogens is 1. The van der Waals surface area contributed by atoms with Gasteiger partial charge in [-0.15, -0.1) is 0 Å². The van der Waals surface area contributed by atoms with Gasteiger partial charge < -0.3 is 19.6 Å². The first kappa shape index (κ1) is 26.7. The third-order valence-electron chi connectivity index (χ3n) is 6.80. The van der Waals surface area contributed by atoms with E-state index in [9.17, 15) is 18.3 Å². The molecule has 2 aromatic rings. The van der Waals surface area contributed by atoms with Crippen LogP contribution in [0.1, 0.15) is 37.0 Å². The number of carbonyl (C=O) groups excluding carboxylic acids is 1. The van der Waals surface area contributed by atoms with E-state index >= 15 is 0 Å². The Kier molecular flexibility index (Phi) is 8.14. The van der Waals surface area contributed by atoms with Crippen LogP contribution in [0, 0.1) is 11.8 Å². The fourth-order valence-electron chi connectivity index (χ4n) is 4.45. The number of likely N-dealkylation sites (N-methyl/N-ethyl adjacent to an activating group) is 1. The highest BCUT2D eigenvalue weighted by atomic mass is 35.5. The molecule has 0 bridgehead atoms. The smallest absolute Gasteiger partial charge is 0.261 e. The van der Waals surface area contributed by atoms with Crippen LogP contribution < -0.4 is 9.46 Å². The number of carbonyl (C=O) groups is 1. The Hall–Kier alpha value is -2.33. The monoisotopic (exact) mass is 535 g/mol. The van der Waals surface area contributed by atoms with Crippen LogP contribution in [0.5, 0.6) is 5.75 Å². The molecule has 2 aliphatic rings. The normalized spacial score (nSPS) is 21.4. The lowest BCUT2D eigenvalue weighted by Gasteiger charge is -2.38. The van der Waals surface area contributed by atoms with Crippen molar-refractivity contribution in [1.29, 1.82) is 0 Å². The van der Waals surface area contributed by atoms with Gasteiger partial charge in [-0.2, -0.15) is 0 Å². The number of rotatable bonds is 9. The first-order chi connectivity index (χ1) is 17.1. The number of hydrogen-bond acceptors (Lipinski definition) is 6. The van der Waals surface area contributed by atoms with Gasteiger partial charge in [0.1, 0.15) is 11.9 Å². The first-order valence-electron chi connectivity index (χ1n) is 12.3.